The molecule has 0 fully saturated rings. The van der Waals surface area contributed by atoms with Crippen LogP contribution in [0.4, 0.5) is 0 Å². The van der Waals surface area contributed by atoms with Gasteiger partial charge in [0, 0.05) is 12.6 Å². The van der Waals surface area contributed by atoms with Gasteiger partial charge < -0.3 is 8.97 Å². The number of carbonyl (C=O) groups is 1. The first-order chi connectivity index (χ1) is 7.98. The topological polar surface area (TPSA) is 29.5 Å². The van der Waals surface area contributed by atoms with Crippen LogP contribution in [0.25, 0.3) is 0 Å². The Morgan fingerprint density at radius 2 is 1.56 bits per heavy atom. The summed E-state index contributed by atoms with van der Waals surface area (Å²) in [5.41, 5.74) is 1.10. The van der Waals surface area contributed by atoms with Crippen molar-refractivity contribution in [3.05, 3.63) is 11.6 Å². The van der Waals surface area contributed by atoms with E-state index < -0.39 is 16.5 Å². The summed E-state index contributed by atoms with van der Waals surface area (Å²) in [5, 5.41) is 0. The molecule has 0 atom stereocenters. The summed E-state index contributed by atoms with van der Waals surface area (Å²) in [7, 11) is -2.70. The lowest BCUT2D eigenvalue weighted by atomic mass is 10.3. The standard InChI is InChI=1S/C13H29NO2Si2/c1-9-16-13(15)10-12(2)11-14(17(3,4)5)18(6,7)8/h10H,9,11H2,1-8H3/b12-10+. The van der Waals surface area contributed by atoms with Crippen LogP contribution in [-0.2, 0) is 9.53 Å². The van der Waals surface area contributed by atoms with Gasteiger partial charge in [-0.2, -0.15) is 0 Å². The maximum absolute atomic E-state index is 11.4. The molecule has 0 aromatic carbocycles. The molecule has 0 aromatic heterocycles. The molecule has 0 saturated carbocycles. The highest BCUT2D eigenvalue weighted by molar-refractivity contribution is 6.89. The molecule has 3 nitrogen and oxygen atoms in total. The van der Waals surface area contributed by atoms with Gasteiger partial charge >= 0.3 is 5.97 Å². The second-order valence-corrected chi connectivity index (χ2v) is 16.9. The van der Waals surface area contributed by atoms with E-state index in [1.807, 2.05) is 13.8 Å². The van der Waals surface area contributed by atoms with E-state index in [1.165, 1.54) is 0 Å². The lowest BCUT2D eigenvalue weighted by Crippen LogP contribution is -2.59. The molecule has 0 bridgehead atoms. The fourth-order valence-corrected chi connectivity index (χ4v) is 11.7. The quantitative estimate of drug-likeness (QED) is 0.425. The van der Waals surface area contributed by atoms with Gasteiger partial charge in [-0.25, -0.2) is 4.79 Å². The Bertz CT molecular complexity index is 300. The minimum atomic E-state index is -1.35. The molecule has 0 heterocycles. The molecule has 106 valence electrons. The monoisotopic (exact) mass is 287 g/mol. The summed E-state index contributed by atoms with van der Waals surface area (Å²) in [5.74, 6) is -0.221. The van der Waals surface area contributed by atoms with Crippen molar-refractivity contribution in [2.45, 2.75) is 53.1 Å². The van der Waals surface area contributed by atoms with Crippen LogP contribution in [-0.4, -0.2) is 39.8 Å². The maximum atomic E-state index is 11.4. The van der Waals surface area contributed by atoms with E-state index in [4.69, 9.17) is 4.74 Å². The van der Waals surface area contributed by atoms with Crippen LogP contribution < -0.4 is 0 Å². The summed E-state index contributed by atoms with van der Waals surface area (Å²) in [6.45, 7) is 19.4. The Morgan fingerprint density at radius 3 is 1.89 bits per heavy atom. The molecule has 0 rings (SSSR count). The number of esters is 1. The van der Waals surface area contributed by atoms with E-state index in [0.717, 1.165) is 12.1 Å². The number of ether oxygens (including phenoxy) is 1. The van der Waals surface area contributed by atoms with Gasteiger partial charge in [0.1, 0.15) is 16.5 Å². The van der Waals surface area contributed by atoms with Crippen LogP contribution in [0.15, 0.2) is 11.6 Å². The molecule has 0 N–H and O–H groups in total. The molecule has 0 amide bonds. The van der Waals surface area contributed by atoms with Crippen molar-refractivity contribution < 1.29 is 9.53 Å². The second-order valence-electron chi connectivity index (χ2n) is 6.67. The number of nitrogens with zero attached hydrogens (tertiary/aromatic N) is 1. The fraction of sp³-hybridized carbons (Fsp3) is 0.769. The Kier molecular flexibility index (Phi) is 6.53. The number of hydrogen-bond donors (Lipinski definition) is 0. The van der Waals surface area contributed by atoms with Gasteiger partial charge in [0.05, 0.1) is 6.61 Å². The zero-order valence-electron chi connectivity index (χ0n) is 13.3. The Balaban J connectivity index is 4.86. The van der Waals surface area contributed by atoms with Gasteiger partial charge in [-0.3, -0.25) is 0 Å². The van der Waals surface area contributed by atoms with Gasteiger partial charge in [0.25, 0.3) is 0 Å². The molecule has 0 unspecified atom stereocenters. The molecule has 0 spiro atoms. The molecule has 0 aliphatic heterocycles. The first-order valence-corrected chi connectivity index (χ1v) is 13.5. The van der Waals surface area contributed by atoms with Crippen molar-refractivity contribution >= 4 is 22.4 Å². The third-order valence-electron chi connectivity index (χ3n) is 2.68. The average molecular weight is 288 g/mol. The molecular formula is C13H29NO2Si2. The molecule has 18 heavy (non-hydrogen) atoms. The third kappa shape index (κ3) is 6.51. The minimum absolute atomic E-state index is 0.221. The van der Waals surface area contributed by atoms with Crippen molar-refractivity contribution in [2.75, 3.05) is 13.2 Å². The normalized spacial score (nSPS) is 13.9. The van der Waals surface area contributed by atoms with E-state index in [1.54, 1.807) is 6.08 Å². The van der Waals surface area contributed by atoms with Crippen molar-refractivity contribution in [1.82, 2.24) is 4.23 Å². The van der Waals surface area contributed by atoms with Crippen LogP contribution in [0.5, 0.6) is 0 Å². The van der Waals surface area contributed by atoms with Gasteiger partial charge in [0.2, 0.25) is 0 Å². The molecule has 5 heteroatoms. The summed E-state index contributed by atoms with van der Waals surface area (Å²) in [4.78, 5) is 11.4. The van der Waals surface area contributed by atoms with E-state index in [-0.39, 0.29) is 5.97 Å². The smallest absolute Gasteiger partial charge is 0.330 e. The maximum Gasteiger partial charge on any atom is 0.330 e. The first-order valence-electron chi connectivity index (χ1n) is 6.60. The zero-order chi connectivity index (χ0) is 14.6. The SMILES string of the molecule is CCOC(=O)/C=C(\C)CN([Si](C)(C)C)[Si](C)(C)C. The van der Waals surface area contributed by atoms with Crippen molar-refractivity contribution in [3.63, 3.8) is 0 Å². The number of rotatable bonds is 6. The van der Waals surface area contributed by atoms with E-state index >= 15 is 0 Å². The predicted octanol–water partition coefficient (Wildman–Crippen LogP) is 3.47. The van der Waals surface area contributed by atoms with E-state index in [9.17, 15) is 4.79 Å². The second kappa shape index (κ2) is 6.68. The van der Waals surface area contributed by atoms with Crippen LogP contribution in [0.2, 0.25) is 39.3 Å². The van der Waals surface area contributed by atoms with Gasteiger partial charge in [-0.15, -0.1) is 0 Å². The van der Waals surface area contributed by atoms with Crippen LogP contribution >= 0.6 is 0 Å². The summed E-state index contributed by atoms with van der Waals surface area (Å²) in [6, 6.07) is 0. The summed E-state index contributed by atoms with van der Waals surface area (Å²) < 4.78 is 7.61. The highest BCUT2D eigenvalue weighted by Gasteiger charge is 2.34. The molecule has 0 radical (unpaired) electrons. The lowest BCUT2D eigenvalue weighted by molar-refractivity contribution is -0.137. The molecule has 0 saturated heterocycles. The largest absolute Gasteiger partial charge is 0.463 e. The Morgan fingerprint density at radius 1 is 1.11 bits per heavy atom. The van der Waals surface area contributed by atoms with Gasteiger partial charge in [-0.1, -0.05) is 44.9 Å². The number of hydrogen-bond acceptors (Lipinski definition) is 3. The summed E-state index contributed by atoms with van der Waals surface area (Å²) in [6.07, 6.45) is 1.64. The van der Waals surface area contributed by atoms with E-state index in [0.29, 0.717) is 6.61 Å². The van der Waals surface area contributed by atoms with Gasteiger partial charge in [0.15, 0.2) is 0 Å². The van der Waals surface area contributed by atoms with Crippen LogP contribution in [0.1, 0.15) is 13.8 Å². The Hall–Kier alpha value is -0.396. The highest BCUT2D eigenvalue weighted by Crippen LogP contribution is 2.21. The Labute approximate surface area is 114 Å². The fourth-order valence-electron chi connectivity index (χ4n) is 2.16. The average Bonchev–Trinajstić information content (AvgIpc) is 2.10. The van der Waals surface area contributed by atoms with Crippen molar-refractivity contribution in [3.8, 4) is 0 Å². The van der Waals surface area contributed by atoms with Gasteiger partial charge in [-0.05, 0) is 13.8 Å². The zero-order valence-corrected chi connectivity index (χ0v) is 15.3. The minimum Gasteiger partial charge on any atom is -0.463 e. The predicted molar refractivity (Wildman–Crippen MR) is 83.8 cm³/mol. The molecular weight excluding hydrogens is 258 g/mol. The van der Waals surface area contributed by atoms with E-state index in [2.05, 4.69) is 43.5 Å². The molecule has 0 aliphatic carbocycles. The first kappa shape index (κ1) is 17.6. The lowest BCUT2D eigenvalue weighted by Gasteiger charge is -2.43. The van der Waals surface area contributed by atoms with Crippen molar-refractivity contribution in [1.29, 1.82) is 0 Å². The van der Waals surface area contributed by atoms with Crippen LogP contribution in [0, 0.1) is 0 Å². The van der Waals surface area contributed by atoms with Crippen molar-refractivity contribution in [2.24, 2.45) is 0 Å². The molecule has 0 aliphatic rings. The number of carbonyl (C=O) groups excluding carboxylic acids is 1. The van der Waals surface area contributed by atoms with Crippen LogP contribution in [0.3, 0.4) is 0 Å². The summed E-state index contributed by atoms with van der Waals surface area (Å²) >= 11 is 0. The molecule has 0 aromatic rings. The highest BCUT2D eigenvalue weighted by atomic mass is 28.4. The third-order valence-corrected chi connectivity index (χ3v) is 10.3.